The fraction of sp³-hybridized carbons (Fsp3) is 0.538. The van der Waals surface area contributed by atoms with Crippen molar-refractivity contribution in [1.82, 2.24) is 8.61 Å². The van der Waals surface area contributed by atoms with Gasteiger partial charge in [-0.05, 0) is 38.1 Å². The van der Waals surface area contributed by atoms with Crippen molar-refractivity contribution in [1.29, 1.82) is 0 Å². The minimum Gasteiger partial charge on any atom is -0.212 e. The topological polar surface area (TPSA) is 74.8 Å². The smallest absolute Gasteiger partial charge is 0.212 e. The molecule has 6 nitrogen and oxygen atoms in total. The van der Waals surface area contributed by atoms with Crippen LogP contribution in [0.4, 0.5) is 0 Å². The molecule has 1 aromatic rings. The van der Waals surface area contributed by atoms with Crippen molar-refractivity contribution in [3.63, 3.8) is 0 Å². The first-order valence-corrected chi connectivity index (χ1v) is 10.2. The lowest BCUT2D eigenvalue weighted by Gasteiger charge is -2.34. The molecule has 0 bridgehead atoms. The molecule has 2 rings (SSSR count). The van der Waals surface area contributed by atoms with E-state index in [1.165, 1.54) is 32.9 Å². The van der Waals surface area contributed by atoms with E-state index in [9.17, 15) is 16.8 Å². The van der Waals surface area contributed by atoms with E-state index in [2.05, 4.69) is 0 Å². The molecule has 0 atom stereocenters. The summed E-state index contributed by atoms with van der Waals surface area (Å²) in [5.74, 6) is 0. The summed E-state index contributed by atoms with van der Waals surface area (Å²) < 4.78 is 51.9. The van der Waals surface area contributed by atoms with Gasteiger partial charge in [0.25, 0.3) is 0 Å². The van der Waals surface area contributed by atoms with Crippen LogP contribution in [0, 0.1) is 0 Å². The maximum Gasteiger partial charge on any atom is 0.243 e. The Labute approximate surface area is 136 Å². The van der Waals surface area contributed by atoms with E-state index in [0.29, 0.717) is 5.02 Å². The van der Waals surface area contributed by atoms with Gasteiger partial charge in [0.1, 0.15) is 0 Å². The van der Waals surface area contributed by atoms with Crippen molar-refractivity contribution in [2.75, 3.05) is 26.2 Å². The molecule has 1 aliphatic heterocycles. The molecule has 22 heavy (non-hydrogen) atoms. The Morgan fingerprint density at radius 3 is 1.82 bits per heavy atom. The third-order valence-corrected chi connectivity index (χ3v) is 8.05. The largest absolute Gasteiger partial charge is 0.243 e. The van der Waals surface area contributed by atoms with E-state index in [1.807, 2.05) is 0 Å². The third-order valence-electron chi connectivity index (χ3n) is 3.60. The third kappa shape index (κ3) is 3.46. The summed E-state index contributed by atoms with van der Waals surface area (Å²) in [6, 6.07) is 5.95. The van der Waals surface area contributed by atoms with Crippen molar-refractivity contribution in [3.05, 3.63) is 29.3 Å². The van der Waals surface area contributed by atoms with E-state index in [0.717, 1.165) is 0 Å². The maximum atomic E-state index is 12.5. The summed E-state index contributed by atoms with van der Waals surface area (Å²) in [7, 11) is -6.96. The number of hydrogen-bond donors (Lipinski definition) is 0. The first-order chi connectivity index (χ1) is 10.2. The highest BCUT2D eigenvalue weighted by Crippen LogP contribution is 2.21. The molecule has 1 aliphatic rings. The van der Waals surface area contributed by atoms with Crippen molar-refractivity contribution >= 4 is 31.6 Å². The number of rotatable bonds is 4. The zero-order chi connectivity index (χ0) is 16.5. The molecule has 0 amide bonds. The van der Waals surface area contributed by atoms with Crippen LogP contribution in [0.15, 0.2) is 29.2 Å². The monoisotopic (exact) mass is 366 g/mol. The predicted octanol–water partition coefficient (Wildman–Crippen LogP) is 1.38. The zero-order valence-corrected chi connectivity index (χ0v) is 14.8. The molecule has 1 fully saturated rings. The lowest BCUT2D eigenvalue weighted by Crippen LogP contribution is -2.51. The van der Waals surface area contributed by atoms with Gasteiger partial charge in [-0.1, -0.05) is 11.6 Å². The van der Waals surface area contributed by atoms with Gasteiger partial charge in [0.2, 0.25) is 20.0 Å². The molecule has 0 aromatic heterocycles. The van der Waals surface area contributed by atoms with Crippen molar-refractivity contribution in [2.24, 2.45) is 0 Å². The molecule has 1 heterocycles. The number of halogens is 1. The van der Waals surface area contributed by atoms with Crippen LogP contribution in [0.2, 0.25) is 5.02 Å². The summed E-state index contributed by atoms with van der Waals surface area (Å²) in [6.45, 7) is 3.88. The van der Waals surface area contributed by atoms with Crippen LogP contribution in [0.5, 0.6) is 0 Å². The minimum atomic E-state index is -3.61. The first kappa shape index (κ1) is 17.7. The summed E-state index contributed by atoms with van der Waals surface area (Å²) in [5, 5.41) is -0.0429. The average molecular weight is 367 g/mol. The lowest BCUT2D eigenvalue weighted by molar-refractivity contribution is 0.271. The SMILES string of the molecule is CC(C)S(=O)(=O)N1CCN(S(=O)(=O)c2ccc(Cl)cc2)CC1. The van der Waals surface area contributed by atoms with E-state index >= 15 is 0 Å². The number of sulfonamides is 2. The van der Waals surface area contributed by atoms with E-state index in [1.54, 1.807) is 13.8 Å². The summed E-state index contributed by atoms with van der Waals surface area (Å²) in [5.41, 5.74) is 0. The standard InChI is InChI=1S/C13H19ClN2O4S2/c1-11(2)21(17,18)15-7-9-16(10-8-15)22(19,20)13-5-3-12(14)4-6-13/h3-6,11H,7-10H2,1-2H3. The Bertz CT molecular complexity index is 722. The summed E-state index contributed by atoms with van der Waals surface area (Å²) in [4.78, 5) is 0.164. The van der Waals surface area contributed by atoms with Gasteiger partial charge in [-0.3, -0.25) is 0 Å². The molecule has 124 valence electrons. The molecule has 0 spiro atoms. The normalized spacial score (nSPS) is 18.7. The van der Waals surface area contributed by atoms with Crippen molar-refractivity contribution < 1.29 is 16.8 Å². The molecule has 0 N–H and O–H groups in total. The number of benzene rings is 1. The Balaban J connectivity index is 2.13. The van der Waals surface area contributed by atoms with Crippen LogP contribution in [0.3, 0.4) is 0 Å². The lowest BCUT2D eigenvalue weighted by atomic mass is 10.4. The quantitative estimate of drug-likeness (QED) is 0.806. The van der Waals surface area contributed by atoms with Crippen molar-refractivity contribution in [3.8, 4) is 0 Å². The Hall–Kier alpha value is -0.670. The van der Waals surface area contributed by atoms with Crippen LogP contribution in [0.1, 0.15) is 13.8 Å². The number of hydrogen-bond acceptors (Lipinski definition) is 4. The van der Waals surface area contributed by atoms with Crippen LogP contribution in [0.25, 0.3) is 0 Å². The molecular formula is C13H19ClN2O4S2. The highest BCUT2D eigenvalue weighted by molar-refractivity contribution is 7.90. The van der Waals surface area contributed by atoms with Gasteiger partial charge in [-0.2, -0.15) is 8.61 Å². The van der Waals surface area contributed by atoms with Crippen LogP contribution < -0.4 is 0 Å². The average Bonchev–Trinajstić information content (AvgIpc) is 2.47. The van der Waals surface area contributed by atoms with E-state index in [4.69, 9.17) is 11.6 Å². The van der Waals surface area contributed by atoms with Gasteiger partial charge in [0.15, 0.2) is 0 Å². The summed E-state index contributed by atoms with van der Waals surface area (Å²) >= 11 is 5.76. The second-order valence-electron chi connectivity index (χ2n) is 5.35. The highest BCUT2D eigenvalue weighted by Gasteiger charge is 2.34. The maximum absolute atomic E-state index is 12.5. The molecule has 0 aliphatic carbocycles. The fourth-order valence-electron chi connectivity index (χ4n) is 2.22. The Morgan fingerprint density at radius 2 is 1.36 bits per heavy atom. The number of nitrogens with zero attached hydrogens (tertiary/aromatic N) is 2. The zero-order valence-electron chi connectivity index (χ0n) is 12.4. The Morgan fingerprint density at radius 1 is 0.909 bits per heavy atom. The molecule has 1 aromatic carbocycles. The molecular weight excluding hydrogens is 348 g/mol. The minimum absolute atomic E-state index is 0.150. The van der Waals surface area contributed by atoms with Gasteiger partial charge in [-0.25, -0.2) is 16.8 Å². The van der Waals surface area contributed by atoms with E-state index < -0.39 is 25.3 Å². The first-order valence-electron chi connectivity index (χ1n) is 6.90. The van der Waals surface area contributed by atoms with Crippen LogP contribution in [-0.2, 0) is 20.0 Å². The molecule has 9 heteroatoms. The van der Waals surface area contributed by atoms with Gasteiger partial charge in [0.05, 0.1) is 10.1 Å². The fourth-order valence-corrected chi connectivity index (χ4v) is 5.04. The molecule has 0 saturated carbocycles. The van der Waals surface area contributed by atoms with Gasteiger partial charge >= 0.3 is 0 Å². The molecule has 0 unspecified atom stereocenters. The predicted molar refractivity (Wildman–Crippen MR) is 85.8 cm³/mol. The summed E-state index contributed by atoms with van der Waals surface area (Å²) in [6.07, 6.45) is 0. The highest BCUT2D eigenvalue weighted by atomic mass is 35.5. The van der Waals surface area contributed by atoms with Crippen molar-refractivity contribution in [2.45, 2.75) is 24.0 Å². The van der Waals surface area contributed by atoms with Gasteiger partial charge in [0, 0.05) is 31.2 Å². The number of piperazine rings is 1. The second kappa shape index (κ2) is 6.45. The van der Waals surface area contributed by atoms with E-state index in [-0.39, 0.29) is 31.1 Å². The second-order valence-corrected chi connectivity index (χ2v) is 10.2. The van der Waals surface area contributed by atoms with Crippen LogP contribution in [-0.4, -0.2) is 56.9 Å². The van der Waals surface area contributed by atoms with Gasteiger partial charge < -0.3 is 0 Å². The Kier molecular flexibility index (Phi) is 5.18. The van der Waals surface area contributed by atoms with Gasteiger partial charge in [-0.15, -0.1) is 0 Å². The van der Waals surface area contributed by atoms with Crippen LogP contribution >= 0.6 is 11.6 Å². The molecule has 1 saturated heterocycles. The molecule has 0 radical (unpaired) electrons.